The highest BCUT2D eigenvalue weighted by atomic mass is 16.2. The van der Waals surface area contributed by atoms with E-state index in [-0.39, 0.29) is 5.91 Å². The van der Waals surface area contributed by atoms with Crippen molar-refractivity contribution in [2.75, 3.05) is 23.3 Å². The number of nitrogens with two attached hydrogens (primary N) is 1. The number of likely N-dealkylation sites (N-methyl/N-ethyl adjacent to an activating group) is 1. The molecule has 4 heteroatoms. The Morgan fingerprint density at radius 3 is 3.00 bits per heavy atom. The predicted molar refractivity (Wildman–Crippen MR) is 60.9 cm³/mol. The van der Waals surface area contributed by atoms with Crippen LogP contribution in [0.3, 0.4) is 0 Å². The summed E-state index contributed by atoms with van der Waals surface area (Å²) in [5.74, 6) is 0.0326. The van der Waals surface area contributed by atoms with Crippen LogP contribution in [0, 0.1) is 0 Å². The van der Waals surface area contributed by atoms with E-state index in [0.29, 0.717) is 13.1 Å². The highest BCUT2D eigenvalue weighted by Gasteiger charge is 2.22. The van der Waals surface area contributed by atoms with Gasteiger partial charge in [-0.1, -0.05) is 12.1 Å². The topological polar surface area (TPSA) is 58.4 Å². The highest BCUT2D eigenvalue weighted by molar-refractivity contribution is 6.02. The first-order chi connectivity index (χ1) is 7.26. The average Bonchev–Trinajstić information content (AvgIpc) is 2.27. The number of hydrogen-bond acceptors (Lipinski definition) is 3. The lowest BCUT2D eigenvalue weighted by Gasteiger charge is -2.31. The predicted octanol–water partition coefficient (Wildman–Crippen LogP) is 0.924. The van der Waals surface area contributed by atoms with Gasteiger partial charge in [-0.2, -0.15) is 0 Å². The number of nitrogens with one attached hydrogen (secondary N) is 1. The smallest absolute Gasteiger partial charge is 0.243 e. The molecule has 0 saturated carbocycles. The third-order valence-corrected chi connectivity index (χ3v) is 2.67. The normalized spacial score (nSPS) is 14.8. The number of carbonyl (C=O) groups excluding carboxylic acids is 1. The fourth-order valence-electron chi connectivity index (χ4n) is 1.88. The Morgan fingerprint density at radius 1 is 1.53 bits per heavy atom. The van der Waals surface area contributed by atoms with Crippen molar-refractivity contribution in [2.24, 2.45) is 5.73 Å². The summed E-state index contributed by atoms with van der Waals surface area (Å²) in [6.45, 7) is 3.74. The van der Waals surface area contributed by atoms with Gasteiger partial charge >= 0.3 is 0 Å². The van der Waals surface area contributed by atoms with E-state index in [1.807, 2.05) is 30.0 Å². The number of carbonyl (C=O) groups is 1. The van der Waals surface area contributed by atoms with Crippen LogP contribution >= 0.6 is 0 Å². The van der Waals surface area contributed by atoms with E-state index in [1.54, 1.807) is 0 Å². The molecule has 0 aromatic heterocycles. The van der Waals surface area contributed by atoms with Crippen LogP contribution in [0.4, 0.5) is 11.4 Å². The number of nitrogens with zero attached hydrogens (tertiary/aromatic N) is 1. The Morgan fingerprint density at radius 2 is 2.33 bits per heavy atom. The summed E-state index contributed by atoms with van der Waals surface area (Å²) in [7, 11) is 0. The lowest BCUT2D eigenvalue weighted by molar-refractivity contribution is -0.115. The first-order valence-electron chi connectivity index (χ1n) is 5.13. The molecule has 0 radical (unpaired) electrons. The van der Waals surface area contributed by atoms with Crippen molar-refractivity contribution in [2.45, 2.75) is 13.5 Å². The van der Waals surface area contributed by atoms with E-state index in [9.17, 15) is 4.79 Å². The molecule has 1 aliphatic rings. The van der Waals surface area contributed by atoms with E-state index < -0.39 is 0 Å². The first-order valence-corrected chi connectivity index (χ1v) is 5.13. The van der Waals surface area contributed by atoms with E-state index in [1.165, 1.54) is 0 Å². The van der Waals surface area contributed by atoms with Crippen LogP contribution < -0.4 is 16.0 Å². The summed E-state index contributed by atoms with van der Waals surface area (Å²) >= 11 is 0. The molecule has 1 aromatic carbocycles. The van der Waals surface area contributed by atoms with E-state index >= 15 is 0 Å². The number of amides is 1. The monoisotopic (exact) mass is 205 g/mol. The minimum Gasteiger partial charge on any atom is -0.361 e. The summed E-state index contributed by atoms with van der Waals surface area (Å²) in [6, 6.07) is 5.93. The van der Waals surface area contributed by atoms with E-state index in [2.05, 4.69) is 5.32 Å². The molecule has 3 N–H and O–H groups in total. The molecular formula is C11H15N3O. The lowest BCUT2D eigenvalue weighted by atomic mass is 10.1. The molecule has 0 bridgehead atoms. The summed E-state index contributed by atoms with van der Waals surface area (Å²) < 4.78 is 0. The minimum atomic E-state index is 0.0326. The molecule has 0 aliphatic carbocycles. The molecule has 1 aromatic rings. The zero-order valence-electron chi connectivity index (χ0n) is 8.79. The molecule has 0 unspecified atom stereocenters. The van der Waals surface area contributed by atoms with Gasteiger partial charge in [-0.25, -0.2) is 0 Å². The minimum absolute atomic E-state index is 0.0326. The molecule has 1 heterocycles. The average molecular weight is 205 g/mol. The first kappa shape index (κ1) is 9.98. The van der Waals surface area contributed by atoms with Gasteiger partial charge in [0.25, 0.3) is 0 Å². The van der Waals surface area contributed by atoms with Crippen LogP contribution in [-0.4, -0.2) is 19.0 Å². The number of anilines is 2. The summed E-state index contributed by atoms with van der Waals surface area (Å²) in [5.41, 5.74) is 8.56. The molecule has 0 spiro atoms. The van der Waals surface area contributed by atoms with Crippen molar-refractivity contribution in [1.29, 1.82) is 0 Å². The number of para-hydroxylation sites is 1. The summed E-state index contributed by atoms with van der Waals surface area (Å²) in [6.07, 6.45) is 0. The fourth-order valence-corrected chi connectivity index (χ4v) is 1.88. The summed E-state index contributed by atoms with van der Waals surface area (Å²) in [4.78, 5) is 13.5. The number of fused-ring (bicyclic) bond motifs is 1. The molecule has 1 aliphatic heterocycles. The second-order valence-corrected chi connectivity index (χ2v) is 3.58. The molecule has 0 fully saturated rings. The second kappa shape index (κ2) is 3.90. The largest absolute Gasteiger partial charge is 0.361 e. The maximum absolute atomic E-state index is 11.5. The molecule has 2 rings (SSSR count). The zero-order chi connectivity index (χ0) is 10.8. The van der Waals surface area contributed by atoms with Gasteiger partial charge in [0.05, 0.1) is 17.9 Å². The second-order valence-electron chi connectivity index (χ2n) is 3.58. The van der Waals surface area contributed by atoms with Gasteiger partial charge in [0, 0.05) is 13.1 Å². The molecule has 0 atom stereocenters. The van der Waals surface area contributed by atoms with Gasteiger partial charge in [-0.15, -0.1) is 0 Å². The molecule has 1 amide bonds. The third-order valence-electron chi connectivity index (χ3n) is 2.67. The standard InChI is InChI=1S/C11H15N3O/c1-2-14-7-10(15)13-11-8(6-12)4-3-5-9(11)14/h3-5H,2,6-7,12H2,1H3,(H,13,15). The summed E-state index contributed by atoms with van der Waals surface area (Å²) in [5, 5.41) is 2.88. The number of benzene rings is 1. The van der Waals surface area contributed by atoms with Crippen LogP contribution in [0.1, 0.15) is 12.5 Å². The Balaban J connectivity index is 2.49. The van der Waals surface area contributed by atoms with Crippen molar-refractivity contribution >= 4 is 17.3 Å². The number of rotatable bonds is 2. The molecular weight excluding hydrogens is 190 g/mol. The lowest BCUT2D eigenvalue weighted by Crippen LogP contribution is -2.38. The quantitative estimate of drug-likeness (QED) is 0.755. The van der Waals surface area contributed by atoms with Crippen LogP contribution in [0.25, 0.3) is 0 Å². The fraction of sp³-hybridized carbons (Fsp3) is 0.364. The van der Waals surface area contributed by atoms with Gasteiger partial charge < -0.3 is 16.0 Å². The van der Waals surface area contributed by atoms with Crippen LogP contribution in [0.5, 0.6) is 0 Å². The third kappa shape index (κ3) is 1.68. The van der Waals surface area contributed by atoms with Crippen molar-refractivity contribution in [3.05, 3.63) is 23.8 Å². The van der Waals surface area contributed by atoms with Crippen molar-refractivity contribution < 1.29 is 4.79 Å². The van der Waals surface area contributed by atoms with Gasteiger partial charge in [0.15, 0.2) is 0 Å². The number of hydrogen-bond donors (Lipinski definition) is 2. The maximum atomic E-state index is 11.5. The SMILES string of the molecule is CCN1CC(=O)Nc2c(CN)cccc21. The zero-order valence-corrected chi connectivity index (χ0v) is 8.79. The maximum Gasteiger partial charge on any atom is 0.243 e. The van der Waals surface area contributed by atoms with Crippen molar-refractivity contribution in [3.8, 4) is 0 Å². The van der Waals surface area contributed by atoms with Gasteiger partial charge in [0.2, 0.25) is 5.91 Å². The Bertz CT molecular complexity index is 389. The molecule has 15 heavy (non-hydrogen) atoms. The molecule has 0 saturated heterocycles. The Hall–Kier alpha value is -1.55. The molecule has 4 nitrogen and oxygen atoms in total. The van der Waals surface area contributed by atoms with Gasteiger partial charge in [-0.3, -0.25) is 4.79 Å². The van der Waals surface area contributed by atoms with Crippen molar-refractivity contribution in [1.82, 2.24) is 0 Å². The van der Waals surface area contributed by atoms with Crippen LogP contribution in [0.15, 0.2) is 18.2 Å². The molecule has 80 valence electrons. The van der Waals surface area contributed by atoms with E-state index in [4.69, 9.17) is 5.73 Å². The van der Waals surface area contributed by atoms with Gasteiger partial charge in [-0.05, 0) is 18.6 Å². The van der Waals surface area contributed by atoms with Crippen LogP contribution in [0.2, 0.25) is 0 Å². The van der Waals surface area contributed by atoms with Gasteiger partial charge in [0.1, 0.15) is 0 Å². The Labute approximate surface area is 89.1 Å². The Kier molecular flexibility index (Phi) is 2.60. The highest BCUT2D eigenvalue weighted by Crippen LogP contribution is 2.32. The van der Waals surface area contributed by atoms with E-state index in [0.717, 1.165) is 23.5 Å². The van der Waals surface area contributed by atoms with Crippen LogP contribution in [-0.2, 0) is 11.3 Å². The van der Waals surface area contributed by atoms with Crippen molar-refractivity contribution in [3.63, 3.8) is 0 Å².